The molecule has 1 aromatic rings. The molecule has 0 unspecified atom stereocenters. The summed E-state index contributed by atoms with van der Waals surface area (Å²) in [4.78, 5) is 11.5. The van der Waals surface area contributed by atoms with Crippen LogP contribution in [0, 0.1) is 0 Å². The topological polar surface area (TPSA) is 57.2 Å². The molecule has 1 heterocycles. The Hall–Kier alpha value is -1.29. The Bertz CT molecular complexity index is 382. The van der Waals surface area contributed by atoms with E-state index in [1.54, 1.807) is 22.9 Å². The number of pyridine rings is 1. The largest absolute Gasteiger partial charge is 0.394 e. The van der Waals surface area contributed by atoms with E-state index < -0.39 is 0 Å². The number of ether oxygens (including phenoxy) is 1. The van der Waals surface area contributed by atoms with Gasteiger partial charge in [-0.3, -0.25) is 4.79 Å². The zero-order valence-corrected chi connectivity index (χ0v) is 8.69. The van der Waals surface area contributed by atoms with E-state index in [2.05, 4.69) is 0 Å². The van der Waals surface area contributed by atoms with Crippen molar-refractivity contribution in [1.29, 1.82) is 0 Å². The van der Waals surface area contributed by atoms with E-state index in [-0.39, 0.29) is 5.56 Å². The Morgan fingerprint density at radius 3 is 3.00 bits per heavy atom. The summed E-state index contributed by atoms with van der Waals surface area (Å²) < 4.78 is 7.17. The number of nitrogens with zero attached hydrogens (tertiary/aromatic N) is 1. The smallest absolute Gasteiger partial charge is 0.273 e. The summed E-state index contributed by atoms with van der Waals surface area (Å²) in [5.41, 5.74) is 5.68. The number of nitrogens with two attached hydrogens (primary N) is 1. The highest BCUT2D eigenvalue weighted by atomic mass is 16.5. The molecule has 0 bridgehead atoms. The third-order valence-corrected chi connectivity index (χ3v) is 2.79. The van der Waals surface area contributed by atoms with E-state index in [1.165, 1.54) is 6.42 Å². The van der Waals surface area contributed by atoms with Gasteiger partial charge in [-0.15, -0.1) is 0 Å². The molecule has 2 N–H and O–H groups in total. The first-order valence-electron chi connectivity index (χ1n) is 5.34. The minimum atomic E-state index is -0.130. The molecular weight excluding hydrogens is 192 g/mol. The van der Waals surface area contributed by atoms with E-state index in [0.29, 0.717) is 24.9 Å². The van der Waals surface area contributed by atoms with Gasteiger partial charge in [-0.25, -0.2) is 0 Å². The Labute approximate surface area is 88.7 Å². The molecule has 1 aliphatic carbocycles. The van der Waals surface area contributed by atoms with Gasteiger partial charge < -0.3 is 15.0 Å². The summed E-state index contributed by atoms with van der Waals surface area (Å²) in [5.74, 6) is 0. The van der Waals surface area contributed by atoms with Crippen molar-refractivity contribution < 1.29 is 4.74 Å². The number of aromatic nitrogens is 1. The second kappa shape index (κ2) is 4.49. The molecule has 2 rings (SSSR count). The zero-order valence-electron chi connectivity index (χ0n) is 8.69. The summed E-state index contributed by atoms with van der Waals surface area (Å²) in [6, 6.07) is 3.39. The van der Waals surface area contributed by atoms with E-state index in [4.69, 9.17) is 10.5 Å². The lowest BCUT2D eigenvalue weighted by Gasteiger charge is -2.25. The molecule has 1 saturated carbocycles. The van der Waals surface area contributed by atoms with Gasteiger partial charge >= 0.3 is 0 Å². The van der Waals surface area contributed by atoms with Crippen molar-refractivity contribution >= 4 is 5.69 Å². The molecule has 1 aromatic heterocycles. The zero-order chi connectivity index (χ0) is 10.7. The van der Waals surface area contributed by atoms with Crippen molar-refractivity contribution in [3.8, 4) is 0 Å². The van der Waals surface area contributed by atoms with Gasteiger partial charge in [0.2, 0.25) is 0 Å². The highest BCUT2D eigenvalue weighted by Gasteiger charge is 2.17. The predicted octanol–water partition coefficient (Wildman–Crippen LogP) is 1.000. The van der Waals surface area contributed by atoms with Crippen molar-refractivity contribution in [3.05, 3.63) is 28.7 Å². The van der Waals surface area contributed by atoms with Crippen molar-refractivity contribution in [3.63, 3.8) is 0 Å². The molecule has 0 aromatic carbocycles. The first-order chi connectivity index (χ1) is 7.27. The summed E-state index contributed by atoms with van der Waals surface area (Å²) >= 11 is 0. The lowest BCUT2D eigenvalue weighted by molar-refractivity contribution is -0.00159. The molecule has 0 aliphatic heterocycles. The van der Waals surface area contributed by atoms with E-state index in [1.807, 2.05) is 0 Å². The molecule has 4 heteroatoms. The van der Waals surface area contributed by atoms with Crippen LogP contribution in [0.1, 0.15) is 19.3 Å². The fourth-order valence-electron chi connectivity index (χ4n) is 1.59. The summed E-state index contributed by atoms with van der Waals surface area (Å²) in [6.45, 7) is 1.18. The third-order valence-electron chi connectivity index (χ3n) is 2.79. The molecular formula is C11H16N2O2. The average Bonchev–Trinajstić information content (AvgIpc) is 2.16. The van der Waals surface area contributed by atoms with Crippen molar-refractivity contribution in [1.82, 2.24) is 4.57 Å². The summed E-state index contributed by atoms with van der Waals surface area (Å²) in [7, 11) is 0. The molecule has 0 atom stereocenters. The van der Waals surface area contributed by atoms with Crippen LogP contribution in [0.2, 0.25) is 0 Å². The minimum Gasteiger partial charge on any atom is -0.394 e. The summed E-state index contributed by atoms with van der Waals surface area (Å²) in [6.07, 6.45) is 5.74. The summed E-state index contributed by atoms with van der Waals surface area (Å²) in [5, 5.41) is 0. The third kappa shape index (κ3) is 2.39. The molecule has 1 aliphatic rings. The van der Waals surface area contributed by atoms with Gasteiger partial charge in [-0.1, -0.05) is 0 Å². The first kappa shape index (κ1) is 10.2. The SMILES string of the molecule is Nc1cccn(CCOC2CCC2)c1=O. The van der Waals surface area contributed by atoms with Gasteiger partial charge in [-0.2, -0.15) is 0 Å². The van der Waals surface area contributed by atoms with Crippen LogP contribution in [0.25, 0.3) is 0 Å². The van der Waals surface area contributed by atoms with E-state index >= 15 is 0 Å². The van der Waals surface area contributed by atoms with Crippen LogP contribution < -0.4 is 11.3 Å². The molecule has 0 spiro atoms. The minimum absolute atomic E-state index is 0.130. The fourth-order valence-corrected chi connectivity index (χ4v) is 1.59. The number of hydrogen-bond acceptors (Lipinski definition) is 3. The maximum absolute atomic E-state index is 11.5. The number of nitrogen functional groups attached to an aromatic ring is 1. The Kier molecular flexibility index (Phi) is 3.06. The standard InChI is InChI=1S/C11H16N2O2/c12-10-5-2-6-13(11(10)14)7-8-15-9-3-1-4-9/h2,5-6,9H,1,3-4,7-8,12H2. The molecule has 1 fully saturated rings. The van der Waals surface area contributed by atoms with Crippen molar-refractivity contribution in [2.75, 3.05) is 12.3 Å². The predicted molar refractivity (Wildman–Crippen MR) is 58.7 cm³/mol. The molecule has 0 radical (unpaired) electrons. The fraction of sp³-hybridized carbons (Fsp3) is 0.545. The van der Waals surface area contributed by atoms with Gasteiger partial charge in [-0.05, 0) is 31.4 Å². The maximum Gasteiger partial charge on any atom is 0.273 e. The van der Waals surface area contributed by atoms with Crippen LogP contribution in [0.15, 0.2) is 23.1 Å². The molecule has 82 valence electrons. The Morgan fingerprint density at radius 1 is 1.53 bits per heavy atom. The van der Waals surface area contributed by atoms with Crippen LogP contribution in [-0.2, 0) is 11.3 Å². The van der Waals surface area contributed by atoms with Crippen LogP contribution in [0.5, 0.6) is 0 Å². The van der Waals surface area contributed by atoms with E-state index in [9.17, 15) is 4.79 Å². The molecule has 0 saturated heterocycles. The highest BCUT2D eigenvalue weighted by molar-refractivity contribution is 5.33. The second-order valence-corrected chi connectivity index (χ2v) is 3.89. The lowest BCUT2D eigenvalue weighted by atomic mass is 9.96. The van der Waals surface area contributed by atoms with Crippen molar-refractivity contribution in [2.24, 2.45) is 0 Å². The quantitative estimate of drug-likeness (QED) is 0.803. The Balaban J connectivity index is 1.87. The molecule has 4 nitrogen and oxygen atoms in total. The maximum atomic E-state index is 11.5. The monoisotopic (exact) mass is 208 g/mol. The van der Waals surface area contributed by atoms with Crippen LogP contribution in [-0.4, -0.2) is 17.3 Å². The average molecular weight is 208 g/mol. The van der Waals surface area contributed by atoms with E-state index in [0.717, 1.165) is 12.8 Å². The number of hydrogen-bond donors (Lipinski definition) is 1. The van der Waals surface area contributed by atoms with Gasteiger partial charge in [0.05, 0.1) is 18.4 Å². The first-order valence-corrected chi connectivity index (χ1v) is 5.34. The Morgan fingerprint density at radius 2 is 2.33 bits per heavy atom. The lowest BCUT2D eigenvalue weighted by Crippen LogP contribution is -2.27. The highest BCUT2D eigenvalue weighted by Crippen LogP contribution is 2.21. The number of anilines is 1. The van der Waals surface area contributed by atoms with Crippen molar-refractivity contribution in [2.45, 2.75) is 31.9 Å². The molecule has 15 heavy (non-hydrogen) atoms. The normalized spacial score (nSPS) is 16.3. The number of rotatable bonds is 4. The second-order valence-electron chi connectivity index (χ2n) is 3.89. The van der Waals surface area contributed by atoms with Gasteiger partial charge in [0.15, 0.2) is 0 Å². The molecule has 0 amide bonds. The van der Waals surface area contributed by atoms with Gasteiger partial charge in [0.1, 0.15) is 0 Å². The van der Waals surface area contributed by atoms with Gasteiger partial charge in [0, 0.05) is 12.7 Å². The van der Waals surface area contributed by atoms with Gasteiger partial charge in [0.25, 0.3) is 5.56 Å². The van der Waals surface area contributed by atoms with Crippen LogP contribution in [0.3, 0.4) is 0 Å². The van der Waals surface area contributed by atoms with Crippen LogP contribution >= 0.6 is 0 Å². The van der Waals surface area contributed by atoms with Crippen LogP contribution in [0.4, 0.5) is 5.69 Å².